The lowest BCUT2D eigenvalue weighted by molar-refractivity contribution is -0.458. The van der Waals surface area contributed by atoms with Crippen LogP contribution in [0.15, 0.2) is 47.4 Å². The van der Waals surface area contributed by atoms with E-state index in [0.717, 1.165) is 0 Å². The number of sulfone groups is 1. The molecule has 2 aromatic carbocycles. The number of amides is 1. The minimum atomic E-state index is -4.15. The quantitative estimate of drug-likeness (QED) is 0.423. The SMILES string of the molecule is Cc1cc(N(O)C(=O)C(C)Oc2ccccc2)cc(C)c1S(=O)(=O)C[N+](=O)[O-]. The fourth-order valence-electron chi connectivity index (χ4n) is 2.80. The summed E-state index contributed by atoms with van der Waals surface area (Å²) in [4.78, 5) is 21.9. The van der Waals surface area contributed by atoms with Gasteiger partial charge in [-0.1, -0.05) is 18.2 Å². The molecule has 1 N–H and O–H groups in total. The van der Waals surface area contributed by atoms with Crippen LogP contribution in [0.2, 0.25) is 0 Å². The van der Waals surface area contributed by atoms with Gasteiger partial charge in [0, 0.05) is 4.92 Å². The van der Waals surface area contributed by atoms with E-state index in [1.54, 1.807) is 30.3 Å². The lowest BCUT2D eigenvalue weighted by Crippen LogP contribution is -2.38. The van der Waals surface area contributed by atoms with Crippen LogP contribution in [0.5, 0.6) is 5.75 Å². The molecule has 0 saturated heterocycles. The molecule has 0 saturated carbocycles. The highest BCUT2D eigenvalue weighted by Crippen LogP contribution is 2.27. The van der Waals surface area contributed by atoms with Gasteiger partial charge in [0.2, 0.25) is 9.84 Å². The summed E-state index contributed by atoms with van der Waals surface area (Å²) in [6.45, 7) is 4.34. The van der Waals surface area contributed by atoms with Crippen molar-refractivity contribution in [3.63, 3.8) is 0 Å². The van der Waals surface area contributed by atoms with E-state index in [1.165, 1.54) is 32.9 Å². The van der Waals surface area contributed by atoms with E-state index in [0.29, 0.717) is 10.8 Å². The number of benzene rings is 2. The summed E-state index contributed by atoms with van der Waals surface area (Å²) < 4.78 is 29.9. The number of carbonyl (C=O) groups excluding carboxylic acids is 1. The van der Waals surface area contributed by atoms with Gasteiger partial charge in [0.1, 0.15) is 5.75 Å². The largest absolute Gasteiger partial charge is 0.481 e. The van der Waals surface area contributed by atoms with E-state index in [1.807, 2.05) is 0 Å². The van der Waals surface area contributed by atoms with Gasteiger partial charge in [0.25, 0.3) is 5.91 Å². The number of nitrogens with zero attached hydrogens (tertiary/aromatic N) is 2. The van der Waals surface area contributed by atoms with Crippen molar-refractivity contribution in [3.05, 3.63) is 63.7 Å². The van der Waals surface area contributed by atoms with Crippen LogP contribution in [0.3, 0.4) is 0 Å². The third kappa shape index (κ3) is 4.84. The normalized spacial score (nSPS) is 12.3. The van der Waals surface area contributed by atoms with E-state index in [2.05, 4.69) is 0 Å². The molecular formula is C18H20N2O7S. The number of hydroxylamine groups is 1. The summed E-state index contributed by atoms with van der Waals surface area (Å²) in [5, 5.41) is 21.3. The topological polar surface area (TPSA) is 127 Å². The summed E-state index contributed by atoms with van der Waals surface area (Å²) in [6, 6.07) is 11.1. The van der Waals surface area contributed by atoms with Crippen molar-refractivity contribution in [2.75, 3.05) is 10.9 Å². The van der Waals surface area contributed by atoms with Crippen LogP contribution in [-0.4, -0.2) is 36.4 Å². The molecule has 1 atom stereocenters. The predicted octanol–water partition coefficient (Wildman–Crippen LogP) is 2.50. The molecule has 0 spiro atoms. The number of hydrogen-bond donors (Lipinski definition) is 1. The summed E-state index contributed by atoms with van der Waals surface area (Å²) in [5.74, 6) is -1.55. The van der Waals surface area contributed by atoms with Gasteiger partial charge in [-0.2, -0.15) is 5.06 Å². The van der Waals surface area contributed by atoms with E-state index in [9.17, 15) is 28.5 Å². The Kier molecular flexibility index (Phi) is 6.37. The van der Waals surface area contributed by atoms with E-state index in [4.69, 9.17) is 4.74 Å². The molecule has 0 aliphatic heterocycles. The van der Waals surface area contributed by atoms with Crippen LogP contribution in [0.25, 0.3) is 0 Å². The molecule has 0 bridgehead atoms. The molecule has 0 fully saturated rings. The number of para-hydroxylation sites is 1. The van der Waals surface area contributed by atoms with Crippen molar-refractivity contribution in [2.24, 2.45) is 0 Å². The Hall–Kier alpha value is -2.98. The summed E-state index contributed by atoms with van der Waals surface area (Å²) in [5.41, 5.74) is 0.393. The minimum absolute atomic E-state index is 0.0311. The van der Waals surface area contributed by atoms with Crippen molar-refractivity contribution < 1.29 is 28.1 Å². The standard InChI is InChI=1S/C18H20N2O7S/c1-12-9-15(10-13(2)17(12)28(25,26)11-19(22)23)20(24)18(21)14(3)27-16-7-5-4-6-8-16/h4-10,14,24H,11H2,1-3H3. The maximum atomic E-state index is 12.4. The van der Waals surface area contributed by atoms with Crippen LogP contribution < -0.4 is 9.80 Å². The highest BCUT2D eigenvalue weighted by atomic mass is 32.2. The van der Waals surface area contributed by atoms with Crippen LogP contribution in [-0.2, 0) is 14.6 Å². The molecule has 28 heavy (non-hydrogen) atoms. The Labute approximate surface area is 162 Å². The average molecular weight is 408 g/mol. The maximum Gasteiger partial charge on any atom is 0.305 e. The Morgan fingerprint density at radius 2 is 1.75 bits per heavy atom. The smallest absolute Gasteiger partial charge is 0.305 e. The number of aryl methyl sites for hydroxylation is 2. The van der Waals surface area contributed by atoms with Gasteiger partial charge in [0.05, 0.1) is 10.6 Å². The van der Waals surface area contributed by atoms with Gasteiger partial charge in [0.15, 0.2) is 6.10 Å². The van der Waals surface area contributed by atoms with E-state index < -0.39 is 32.6 Å². The van der Waals surface area contributed by atoms with Crippen LogP contribution >= 0.6 is 0 Å². The molecule has 0 aromatic heterocycles. The first-order valence-corrected chi connectivity index (χ1v) is 9.88. The van der Waals surface area contributed by atoms with Gasteiger partial charge >= 0.3 is 5.88 Å². The van der Waals surface area contributed by atoms with Crippen molar-refractivity contribution in [1.29, 1.82) is 0 Å². The second kappa shape index (κ2) is 8.36. The molecule has 0 aliphatic carbocycles. The number of anilines is 1. The zero-order valence-corrected chi connectivity index (χ0v) is 16.3. The second-order valence-corrected chi connectivity index (χ2v) is 8.10. The van der Waals surface area contributed by atoms with E-state index >= 15 is 0 Å². The van der Waals surface area contributed by atoms with Crippen molar-refractivity contribution in [3.8, 4) is 5.75 Å². The zero-order valence-electron chi connectivity index (χ0n) is 15.5. The third-order valence-corrected chi connectivity index (χ3v) is 5.71. The molecule has 10 heteroatoms. The molecule has 9 nitrogen and oxygen atoms in total. The van der Waals surface area contributed by atoms with Gasteiger partial charge in [-0.25, -0.2) is 8.42 Å². The zero-order chi connectivity index (χ0) is 21.1. The maximum absolute atomic E-state index is 12.4. The van der Waals surface area contributed by atoms with E-state index in [-0.39, 0.29) is 21.7 Å². The highest BCUT2D eigenvalue weighted by Gasteiger charge is 2.28. The van der Waals surface area contributed by atoms with Crippen molar-refractivity contribution >= 4 is 21.4 Å². The average Bonchev–Trinajstić information content (AvgIpc) is 2.59. The Morgan fingerprint density at radius 3 is 2.25 bits per heavy atom. The summed E-state index contributed by atoms with van der Waals surface area (Å²) in [6.07, 6.45) is -1.01. The van der Waals surface area contributed by atoms with Gasteiger partial charge in [-0.15, -0.1) is 0 Å². The Balaban J connectivity index is 2.27. The number of rotatable bonds is 7. The van der Waals surface area contributed by atoms with Crippen molar-refractivity contribution in [1.82, 2.24) is 0 Å². The number of nitro groups is 1. The molecule has 150 valence electrons. The molecule has 2 aromatic rings. The Bertz CT molecular complexity index is 967. The summed E-state index contributed by atoms with van der Waals surface area (Å²) in [7, 11) is -4.15. The molecule has 0 radical (unpaired) electrons. The molecule has 0 aliphatic rings. The van der Waals surface area contributed by atoms with Crippen LogP contribution in [0, 0.1) is 24.0 Å². The molecule has 0 heterocycles. The molecule has 1 unspecified atom stereocenters. The molecule has 1 amide bonds. The fourth-order valence-corrected chi connectivity index (χ4v) is 4.30. The first kappa shape index (κ1) is 21.3. The van der Waals surface area contributed by atoms with Crippen LogP contribution in [0.4, 0.5) is 5.69 Å². The third-order valence-electron chi connectivity index (χ3n) is 3.89. The monoisotopic (exact) mass is 408 g/mol. The minimum Gasteiger partial charge on any atom is -0.481 e. The lowest BCUT2D eigenvalue weighted by atomic mass is 10.1. The molecular weight excluding hydrogens is 388 g/mol. The number of carbonyl (C=O) groups is 1. The highest BCUT2D eigenvalue weighted by molar-refractivity contribution is 7.91. The first-order chi connectivity index (χ1) is 13.0. The predicted molar refractivity (Wildman–Crippen MR) is 101 cm³/mol. The molecule has 2 rings (SSSR count). The lowest BCUT2D eigenvalue weighted by Gasteiger charge is -2.22. The first-order valence-electron chi connectivity index (χ1n) is 8.23. The second-order valence-electron chi connectivity index (χ2n) is 6.21. The van der Waals surface area contributed by atoms with Gasteiger partial charge < -0.3 is 4.74 Å². The van der Waals surface area contributed by atoms with Crippen molar-refractivity contribution in [2.45, 2.75) is 31.8 Å². The van der Waals surface area contributed by atoms with Crippen LogP contribution in [0.1, 0.15) is 18.1 Å². The number of ether oxygens (including phenoxy) is 1. The Morgan fingerprint density at radius 1 is 1.21 bits per heavy atom. The number of hydrogen-bond acceptors (Lipinski definition) is 7. The fraction of sp³-hybridized carbons (Fsp3) is 0.278. The summed E-state index contributed by atoms with van der Waals surface area (Å²) >= 11 is 0. The van der Waals surface area contributed by atoms with Gasteiger partial charge in [-0.3, -0.25) is 20.1 Å². The van der Waals surface area contributed by atoms with Gasteiger partial charge in [-0.05, 0) is 56.2 Å².